The van der Waals surface area contributed by atoms with E-state index in [-0.39, 0.29) is 0 Å². The molecule has 0 saturated heterocycles. The van der Waals surface area contributed by atoms with E-state index in [1.807, 2.05) is 194 Å². The molecule has 0 aliphatic heterocycles. The SMILES string of the molecule is c1cc(-c2ccc3ccc4cccnc4c3n2)cc(-c2nc3ccccc3c3oc4ccccc4c23)c1.c1ccc(-c2ccc(-c3cc(-c4ccccc4)nc(-c4cccc(-c5nc6ccccc6c6oc7ccccc7c56)c4)n3)cc2)cc1.c1ccc(-c2nc(-c3cccc(-c4nc5ccccc5c5oc6ccccc6c45)c3)c3ccccc3n2)cc1. The third-order valence-corrected chi connectivity index (χ3v) is 23.0. The summed E-state index contributed by atoms with van der Waals surface area (Å²) in [7, 11) is 0. The van der Waals surface area contributed by atoms with Crippen LogP contribution in [0.25, 0.3) is 244 Å². The van der Waals surface area contributed by atoms with Crippen molar-refractivity contribution in [3.63, 3.8) is 0 Å². The van der Waals surface area contributed by atoms with Crippen molar-refractivity contribution < 1.29 is 13.3 Å². The summed E-state index contributed by atoms with van der Waals surface area (Å²) in [6, 6.07) is 136. The van der Waals surface area contributed by atoms with Crippen LogP contribution in [0.4, 0.5) is 0 Å². The van der Waals surface area contributed by atoms with Gasteiger partial charge in [0.15, 0.2) is 11.6 Å². The van der Waals surface area contributed by atoms with Gasteiger partial charge in [0.25, 0.3) is 0 Å². The first-order valence-electron chi connectivity index (χ1n) is 40.9. The van der Waals surface area contributed by atoms with E-state index in [1.165, 1.54) is 11.1 Å². The monoisotopic (exact) mass is 1570 g/mol. The molecule has 0 fully saturated rings. The predicted molar refractivity (Wildman–Crippen MR) is 501 cm³/mol. The molecule has 15 aromatic carbocycles. The van der Waals surface area contributed by atoms with Crippen molar-refractivity contribution >= 4 is 131 Å². The van der Waals surface area contributed by atoms with Gasteiger partial charge in [0.05, 0.1) is 89.1 Å². The van der Waals surface area contributed by atoms with Crippen LogP contribution in [0.15, 0.2) is 420 Å². The number of furan rings is 3. The van der Waals surface area contributed by atoms with Gasteiger partial charge in [0.2, 0.25) is 0 Å². The van der Waals surface area contributed by atoms with Crippen LogP contribution in [0.1, 0.15) is 0 Å². The van der Waals surface area contributed by atoms with Crippen molar-refractivity contribution in [2.24, 2.45) is 0 Å². The summed E-state index contributed by atoms with van der Waals surface area (Å²) in [5.74, 6) is 1.37. The van der Waals surface area contributed by atoms with Gasteiger partial charge in [-0.15, -0.1) is 0 Å². The maximum Gasteiger partial charge on any atom is 0.160 e. The number of fused-ring (bicyclic) bond motifs is 19. The summed E-state index contributed by atoms with van der Waals surface area (Å²) >= 11 is 0. The highest BCUT2D eigenvalue weighted by atomic mass is 16.3. The third-order valence-electron chi connectivity index (χ3n) is 23.0. The van der Waals surface area contributed by atoms with Crippen molar-refractivity contribution in [1.29, 1.82) is 0 Å². The zero-order valence-electron chi connectivity index (χ0n) is 65.9. The Morgan fingerprint density at radius 2 is 0.528 bits per heavy atom. The Balaban J connectivity index is 0.000000108. The van der Waals surface area contributed by atoms with Crippen LogP contribution < -0.4 is 0 Å². The topological polar surface area (TPSA) is 155 Å². The van der Waals surface area contributed by atoms with Crippen molar-refractivity contribution in [1.82, 2.24) is 44.9 Å². The lowest BCUT2D eigenvalue weighted by Gasteiger charge is -2.11. The largest absolute Gasteiger partial charge is 0.455 e. The molecule has 12 nitrogen and oxygen atoms in total. The second-order valence-corrected chi connectivity index (χ2v) is 30.5. The second-order valence-electron chi connectivity index (χ2n) is 30.5. The average molecular weight is 1570 g/mol. The van der Waals surface area contributed by atoms with Gasteiger partial charge >= 0.3 is 0 Å². The molecule has 0 spiro atoms. The highest BCUT2D eigenvalue weighted by molar-refractivity contribution is 6.22. The van der Waals surface area contributed by atoms with Crippen molar-refractivity contribution in [3.05, 3.63) is 407 Å². The number of pyridine rings is 5. The fraction of sp³-hybridized carbons (Fsp3) is 0. The number of benzene rings is 15. The Morgan fingerprint density at radius 1 is 0.179 bits per heavy atom. The molecule has 0 aliphatic rings. The summed E-state index contributed by atoms with van der Waals surface area (Å²) in [4.78, 5) is 45.4. The van der Waals surface area contributed by atoms with E-state index < -0.39 is 0 Å². The first-order valence-corrected chi connectivity index (χ1v) is 40.9. The minimum atomic E-state index is 0.657. The minimum absolute atomic E-state index is 0.657. The quantitative estimate of drug-likeness (QED) is 0.120. The number of aromatic nitrogens is 9. The number of hydrogen-bond donors (Lipinski definition) is 0. The summed E-state index contributed by atoms with van der Waals surface area (Å²) in [6.45, 7) is 0. The molecule has 12 heteroatoms. The Labute approximate surface area is 704 Å². The number of hydrogen-bond acceptors (Lipinski definition) is 12. The highest BCUT2D eigenvalue weighted by Crippen LogP contribution is 2.45. The van der Waals surface area contributed by atoms with Gasteiger partial charge in [-0.05, 0) is 108 Å². The number of para-hydroxylation sites is 7. The smallest absolute Gasteiger partial charge is 0.160 e. The van der Waals surface area contributed by atoms with Crippen LogP contribution in [0, 0.1) is 0 Å². The van der Waals surface area contributed by atoms with Crippen LogP contribution in [0.2, 0.25) is 0 Å². The van der Waals surface area contributed by atoms with Gasteiger partial charge < -0.3 is 13.3 Å². The fourth-order valence-electron chi connectivity index (χ4n) is 17.1. The first kappa shape index (κ1) is 71.5. The van der Waals surface area contributed by atoms with Crippen molar-refractivity contribution in [3.8, 4) is 113 Å². The van der Waals surface area contributed by atoms with E-state index in [0.717, 1.165) is 221 Å². The Kier molecular flexibility index (Phi) is 17.6. The van der Waals surface area contributed by atoms with Gasteiger partial charge in [-0.25, -0.2) is 39.9 Å². The number of rotatable bonds is 10. The molecule has 123 heavy (non-hydrogen) atoms. The zero-order chi connectivity index (χ0) is 81.3. The van der Waals surface area contributed by atoms with E-state index in [9.17, 15) is 0 Å². The van der Waals surface area contributed by atoms with Crippen LogP contribution in [-0.4, -0.2) is 44.9 Å². The van der Waals surface area contributed by atoms with E-state index in [0.29, 0.717) is 11.6 Å². The summed E-state index contributed by atoms with van der Waals surface area (Å²) < 4.78 is 19.2. The Morgan fingerprint density at radius 3 is 1.04 bits per heavy atom. The molecule has 574 valence electrons. The zero-order valence-corrected chi connectivity index (χ0v) is 65.9. The molecule has 0 saturated carbocycles. The maximum atomic E-state index is 6.44. The molecule has 0 aliphatic carbocycles. The Bertz CT molecular complexity index is 8460. The molecule has 0 radical (unpaired) electrons. The number of nitrogens with zero attached hydrogens (tertiary/aromatic N) is 9. The third kappa shape index (κ3) is 13.0. The van der Waals surface area contributed by atoms with Crippen LogP contribution in [-0.2, 0) is 0 Å². The molecule has 10 heterocycles. The van der Waals surface area contributed by atoms with Gasteiger partial charge in [0.1, 0.15) is 33.5 Å². The molecule has 0 unspecified atom stereocenters. The highest BCUT2D eigenvalue weighted by Gasteiger charge is 2.24. The molecule has 0 atom stereocenters. The van der Waals surface area contributed by atoms with E-state index in [1.54, 1.807) is 0 Å². The van der Waals surface area contributed by atoms with Crippen LogP contribution in [0.3, 0.4) is 0 Å². The van der Waals surface area contributed by atoms with Gasteiger partial charge in [0, 0.05) is 105 Å². The standard InChI is InChI=1S/C43H27N3O.C35H21N3O.C33H19N3O/c1-3-12-28(13-4-1)29-22-24-31(25-23-29)38-27-37(30-14-5-2-6-15-30)45-43(46-38)33-17-11-16-32(26-33)41-40-35-19-8-10-21-39(35)47-42(40)34-18-7-9-20-36(34)44-41;1-2-11-22(12-3-1)35-37-28-18-7-4-15-25(28)32(38-35)23-13-10-14-24(21-23)33-31-27-17-6-9-20-30(27)39-34(31)26-16-5-8-19-29(26)36-33;1-3-12-27-24(10-1)33-29(25-11-2-4-13-28(25)37-33)30(36-27)23-8-5-7-22(19-23)26-17-16-21-15-14-20-9-6-18-34-31(20)32(21)35-26/h1-27H;1-21H;1-19H. The fourth-order valence-corrected chi connectivity index (χ4v) is 17.1. The van der Waals surface area contributed by atoms with E-state index in [2.05, 4.69) is 217 Å². The van der Waals surface area contributed by atoms with Crippen molar-refractivity contribution in [2.75, 3.05) is 0 Å². The Hall–Kier alpha value is -16.8. The second kappa shape index (κ2) is 30.3. The van der Waals surface area contributed by atoms with E-state index >= 15 is 0 Å². The van der Waals surface area contributed by atoms with Gasteiger partial charge in [-0.2, -0.15) is 0 Å². The maximum absolute atomic E-state index is 6.44. The molecular weight excluding hydrogens is 1510 g/mol. The average Bonchev–Trinajstić information content (AvgIpc) is 1.60. The molecule has 0 amide bonds. The lowest BCUT2D eigenvalue weighted by Crippen LogP contribution is -1.96. The lowest BCUT2D eigenvalue weighted by molar-refractivity contribution is 0.672. The molecular formula is C111H67N9O3. The van der Waals surface area contributed by atoms with Crippen LogP contribution >= 0.6 is 0 Å². The molecule has 25 aromatic rings. The first-order chi connectivity index (χ1) is 60.9. The lowest BCUT2D eigenvalue weighted by atomic mass is 9.98. The molecule has 0 bridgehead atoms. The minimum Gasteiger partial charge on any atom is -0.455 e. The normalized spacial score (nSPS) is 11.6. The summed E-state index contributed by atoms with van der Waals surface area (Å²) in [5.41, 5.74) is 28.2. The molecule has 10 aromatic heterocycles. The molecule has 25 rings (SSSR count). The summed E-state index contributed by atoms with van der Waals surface area (Å²) in [6.07, 6.45) is 1.82. The van der Waals surface area contributed by atoms with Gasteiger partial charge in [-0.3, -0.25) is 4.98 Å². The van der Waals surface area contributed by atoms with Crippen molar-refractivity contribution in [2.45, 2.75) is 0 Å². The van der Waals surface area contributed by atoms with Gasteiger partial charge in [-0.1, -0.05) is 303 Å². The molecule has 0 N–H and O–H groups in total. The summed E-state index contributed by atoms with van der Waals surface area (Å²) in [5, 5.41) is 12.5. The van der Waals surface area contributed by atoms with Crippen LogP contribution in [0.5, 0.6) is 0 Å². The van der Waals surface area contributed by atoms with E-state index in [4.69, 9.17) is 53.1 Å². The predicted octanol–water partition coefficient (Wildman–Crippen LogP) is 28.9.